The molecule has 2 aromatic rings. The van der Waals surface area contributed by atoms with Gasteiger partial charge in [-0.2, -0.15) is 0 Å². The van der Waals surface area contributed by atoms with Crippen molar-refractivity contribution in [1.82, 2.24) is 0 Å². The maximum atomic E-state index is 12.6. The molecule has 0 unspecified atom stereocenters. The standard InChI is InChI=1S/C24H30O5/c1-22(2)18-9-12-24(4,27)19(23(18,3)11-10-20(22)25)14-28-16-7-5-15-6-8-21(26)29-17(15)13-16/h5-8,13,18-19,27H,9-12,14H2,1-4H3/t18-,19-,23+,24-/m1/s1. The van der Waals surface area contributed by atoms with Crippen LogP contribution in [0.25, 0.3) is 11.0 Å². The zero-order valence-electron chi connectivity index (χ0n) is 17.7. The summed E-state index contributed by atoms with van der Waals surface area (Å²) in [6.07, 6.45) is 2.83. The Morgan fingerprint density at radius 2 is 1.83 bits per heavy atom. The van der Waals surface area contributed by atoms with Crippen molar-refractivity contribution < 1.29 is 19.1 Å². The summed E-state index contributed by atoms with van der Waals surface area (Å²) in [6, 6.07) is 8.56. The monoisotopic (exact) mass is 398 g/mol. The molecule has 1 N–H and O–H groups in total. The second-order valence-electron chi connectivity index (χ2n) is 9.92. The molecule has 4 rings (SSSR count). The van der Waals surface area contributed by atoms with Crippen molar-refractivity contribution in [2.45, 2.75) is 59.0 Å². The van der Waals surface area contributed by atoms with E-state index in [0.717, 1.165) is 18.2 Å². The van der Waals surface area contributed by atoms with Crippen LogP contribution in [0.4, 0.5) is 0 Å². The van der Waals surface area contributed by atoms with Crippen molar-refractivity contribution >= 4 is 16.8 Å². The van der Waals surface area contributed by atoms with E-state index in [2.05, 4.69) is 20.8 Å². The minimum atomic E-state index is -0.856. The molecule has 5 heteroatoms. The molecule has 0 saturated heterocycles. The first-order valence-electron chi connectivity index (χ1n) is 10.5. The minimum Gasteiger partial charge on any atom is -0.493 e. The van der Waals surface area contributed by atoms with Gasteiger partial charge in [0.2, 0.25) is 0 Å². The van der Waals surface area contributed by atoms with Crippen LogP contribution in [0.1, 0.15) is 53.4 Å². The molecule has 2 aliphatic carbocycles. The van der Waals surface area contributed by atoms with Gasteiger partial charge in [0, 0.05) is 35.3 Å². The van der Waals surface area contributed by atoms with Crippen LogP contribution < -0.4 is 10.4 Å². The third kappa shape index (κ3) is 3.29. The van der Waals surface area contributed by atoms with E-state index in [1.165, 1.54) is 6.07 Å². The second-order valence-corrected chi connectivity index (χ2v) is 9.92. The topological polar surface area (TPSA) is 76.7 Å². The molecule has 2 aliphatic rings. The Balaban J connectivity index is 1.62. The van der Waals surface area contributed by atoms with E-state index in [9.17, 15) is 14.7 Å². The van der Waals surface area contributed by atoms with Gasteiger partial charge in [0.1, 0.15) is 17.1 Å². The van der Waals surface area contributed by atoms with Crippen molar-refractivity contribution in [1.29, 1.82) is 0 Å². The molecule has 1 heterocycles. The predicted molar refractivity (Wildman–Crippen MR) is 111 cm³/mol. The van der Waals surface area contributed by atoms with Crippen LogP contribution >= 0.6 is 0 Å². The number of rotatable bonds is 3. The van der Waals surface area contributed by atoms with E-state index in [0.29, 0.717) is 36.6 Å². The number of hydrogen-bond acceptors (Lipinski definition) is 5. The Bertz CT molecular complexity index is 1000. The number of Topliss-reactive ketones (excluding diaryl/α,β-unsaturated/α-hetero) is 1. The number of benzene rings is 1. The number of ether oxygens (including phenoxy) is 1. The number of carbonyl (C=O) groups excluding carboxylic acids is 1. The zero-order valence-corrected chi connectivity index (χ0v) is 17.7. The van der Waals surface area contributed by atoms with Crippen molar-refractivity contribution in [3.8, 4) is 5.75 Å². The lowest BCUT2D eigenvalue weighted by Crippen LogP contribution is -2.61. The molecule has 0 amide bonds. The molecule has 4 atom stereocenters. The molecule has 156 valence electrons. The maximum absolute atomic E-state index is 12.6. The van der Waals surface area contributed by atoms with Gasteiger partial charge in [0.15, 0.2) is 0 Å². The van der Waals surface area contributed by atoms with Gasteiger partial charge in [-0.3, -0.25) is 4.79 Å². The van der Waals surface area contributed by atoms with E-state index >= 15 is 0 Å². The SMILES string of the molecule is CC1(C)C(=O)CC[C@@]2(C)[C@@H]1CC[C@@](C)(O)[C@@H]2COc1ccc2ccc(=O)oc2c1. The molecule has 0 radical (unpaired) electrons. The molecule has 2 fully saturated rings. The molecule has 0 spiro atoms. The van der Waals surface area contributed by atoms with Crippen LogP contribution in [-0.4, -0.2) is 23.1 Å². The summed E-state index contributed by atoms with van der Waals surface area (Å²) in [4.78, 5) is 24.1. The summed E-state index contributed by atoms with van der Waals surface area (Å²) in [5, 5.41) is 12.1. The van der Waals surface area contributed by atoms with Crippen molar-refractivity contribution in [2.24, 2.45) is 22.7 Å². The zero-order chi connectivity index (χ0) is 21.0. The van der Waals surface area contributed by atoms with Crippen LogP contribution in [0.5, 0.6) is 5.75 Å². The summed E-state index contributed by atoms with van der Waals surface area (Å²) in [7, 11) is 0. The highest BCUT2D eigenvalue weighted by Crippen LogP contribution is 2.60. The van der Waals surface area contributed by atoms with Gasteiger partial charge in [-0.15, -0.1) is 0 Å². The molecular weight excluding hydrogens is 368 g/mol. The fraction of sp³-hybridized carbons (Fsp3) is 0.583. The smallest absolute Gasteiger partial charge is 0.336 e. The number of ketones is 1. The quantitative estimate of drug-likeness (QED) is 0.778. The summed E-state index contributed by atoms with van der Waals surface area (Å²) in [5.74, 6) is 1.06. The van der Waals surface area contributed by atoms with Gasteiger partial charge >= 0.3 is 5.63 Å². The summed E-state index contributed by atoms with van der Waals surface area (Å²) >= 11 is 0. The highest BCUT2D eigenvalue weighted by atomic mass is 16.5. The lowest BCUT2D eigenvalue weighted by molar-refractivity contribution is -0.182. The average molecular weight is 398 g/mol. The van der Waals surface area contributed by atoms with Gasteiger partial charge in [-0.25, -0.2) is 4.79 Å². The van der Waals surface area contributed by atoms with Crippen molar-refractivity contribution in [2.75, 3.05) is 6.61 Å². The number of hydrogen-bond donors (Lipinski definition) is 1. The Morgan fingerprint density at radius 1 is 1.10 bits per heavy atom. The molecule has 29 heavy (non-hydrogen) atoms. The van der Waals surface area contributed by atoms with Gasteiger partial charge in [0.25, 0.3) is 0 Å². The third-order valence-electron chi connectivity index (χ3n) is 7.77. The van der Waals surface area contributed by atoms with Crippen LogP contribution in [0, 0.1) is 22.7 Å². The molecular formula is C24H30O5. The third-order valence-corrected chi connectivity index (χ3v) is 7.77. The predicted octanol–water partition coefficient (Wildman–Crippen LogP) is 4.34. The summed E-state index contributed by atoms with van der Waals surface area (Å²) in [6.45, 7) is 8.58. The van der Waals surface area contributed by atoms with E-state index in [1.807, 2.05) is 19.1 Å². The first-order chi connectivity index (χ1) is 13.5. The number of aliphatic hydroxyl groups is 1. The van der Waals surface area contributed by atoms with Gasteiger partial charge in [0.05, 0.1) is 12.2 Å². The maximum Gasteiger partial charge on any atom is 0.336 e. The lowest BCUT2D eigenvalue weighted by atomic mass is 9.45. The Kier molecular flexibility index (Phi) is 4.65. The Labute approximate surface area is 171 Å². The van der Waals surface area contributed by atoms with Crippen LogP contribution in [0.15, 0.2) is 39.5 Å². The van der Waals surface area contributed by atoms with Crippen LogP contribution in [-0.2, 0) is 4.79 Å². The highest BCUT2D eigenvalue weighted by molar-refractivity contribution is 5.85. The largest absolute Gasteiger partial charge is 0.493 e. The summed E-state index contributed by atoms with van der Waals surface area (Å²) in [5.41, 5.74) is -1.32. The Hall–Kier alpha value is -2.14. The lowest BCUT2D eigenvalue weighted by Gasteiger charge is -2.60. The van der Waals surface area contributed by atoms with Crippen molar-refractivity contribution in [3.05, 3.63) is 40.8 Å². The number of fused-ring (bicyclic) bond motifs is 2. The fourth-order valence-corrected chi connectivity index (χ4v) is 6.01. The van der Waals surface area contributed by atoms with E-state index in [1.54, 1.807) is 12.1 Å². The molecule has 0 bridgehead atoms. The van der Waals surface area contributed by atoms with Gasteiger partial charge in [-0.05, 0) is 55.7 Å². The minimum absolute atomic E-state index is 0.0976. The van der Waals surface area contributed by atoms with E-state index < -0.39 is 11.2 Å². The molecule has 5 nitrogen and oxygen atoms in total. The van der Waals surface area contributed by atoms with E-state index in [-0.39, 0.29) is 22.7 Å². The molecule has 2 saturated carbocycles. The van der Waals surface area contributed by atoms with Crippen molar-refractivity contribution in [3.63, 3.8) is 0 Å². The summed E-state index contributed by atoms with van der Waals surface area (Å²) < 4.78 is 11.4. The van der Waals surface area contributed by atoms with Crippen LogP contribution in [0.3, 0.4) is 0 Å². The highest BCUT2D eigenvalue weighted by Gasteiger charge is 2.60. The van der Waals surface area contributed by atoms with Crippen LogP contribution in [0.2, 0.25) is 0 Å². The first kappa shape index (κ1) is 20.1. The van der Waals surface area contributed by atoms with Gasteiger partial charge < -0.3 is 14.3 Å². The van der Waals surface area contributed by atoms with E-state index in [4.69, 9.17) is 9.15 Å². The average Bonchev–Trinajstić information content (AvgIpc) is 2.64. The van der Waals surface area contributed by atoms with Gasteiger partial charge in [-0.1, -0.05) is 20.8 Å². The second kappa shape index (κ2) is 6.69. The molecule has 0 aliphatic heterocycles. The fourth-order valence-electron chi connectivity index (χ4n) is 6.01. The Morgan fingerprint density at radius 3 is 2.59 bits per heavy atom. The molecule has 1 aromatic carbocycles. The number of carbonyl (C=O) groups is 1. The molecule has 1 aromatic heterocycles. The first-order valence-corrected chi connectivity index (χ1v) is 10.5. The normalized spacial score (nSPS) is 34.0.